The van der Waals surface area contributed by atoms with Gasteiger partial charge in [0.1, 0.15) is 17.2 Å². The Kier molecular flexibility index (Phi) is 8.76. The largest absolute Gasteiger partial charge is 0.443 e. The van der Waals surface area contributed by atoms with E-state index in [1.807, 2.05) is 0 Å². The van der Waals surface area contributed by atoms with Crippen LogP contribution in [0, 0.1) is 11.6 Å². The molecule has 1 aliphatic heterocycles. The molecule has 36 heavy (non-hydrogen) atoms. The molecule has 1 saturated heterocycles. The Hall–Kier alpha value is -2.75. The van der Waals surface area contributed by atoms with Gasteiger partial charge in [0.05, 0.1) is 5.60 Å². The summed E-state index contributed by atoms with van der Waals surface area (Å²) < 4.78 is 39.5. The molecule has 3 amide bonds. The third kappa shape index (κ3) is 8.15. The van der Waals surface area contributed by atoms with Crippen LogP contribution in [-0.4, -0.2) is 68.9 Å². The lowest BCUT2D eigenvalue weighted by atomic mass is 9.92. The van der Waals surface area contributed by atoms with E-state index in [4.69, 9.17) is 9.47 Å². The van der Waals surface area contributed by atoms with Gasteiger partial charge in [-0.25, -0.2) is 18.4 Å². The fraction of sp³-hybridized carbons (Fsp3) is 0.654. The Bertz CT molecular complexity index is 950. The molecular weight excluding hydrogens is 474 g/mol. The first-order valence-electron chi connectivity index (χ1n) is 12.0. The first-order chi connectivity index (χ1) is 16.3. The Morgan fingerprint density at radius 2 is 1.53 bits per heavy atom. The van der Waals surface area contributed by atoms with E-state index >= 15 is 0 Å². The molecule has 8 nitrogen and oxygen atoms in total. The number of halogens is 2. The van der Waals surface area contributed by atoms with Crippen molar-refractivity contribution in [3.63, 3.8) is 0 Å². The van der Waals surface area contributed by atoms with Crippen molar-refractivity contribution in [1.82, 2.24) is 9.80 Å². The Morgan fingerprint density at radius 3 is 2.00 bits per heavy atom. The maximum Gasteiger partial charge on any atom is 0.420 e. The number of nitrogens with zero attached hydrogens (tertiary/aromatic N) is 2. The quantitative estimate of drug-likeness (QED) is 0.611. The van der Waals surface area contributed by atoms with Crippen LogP contribution in [0.5, 0.6) is 0 Å². The van der Waals surface area contributed by atoms with Gasteiger partial charge in [0.25, 0.3) is 0 Å². The van der Waals surface area contributed by atoms with Gasteiger partial charge in [0.2, 0.25) is 5.91 Å². The van der Waals surface area contributed by atoms with Crippen LogP contribution in [0.4, 0.5) is 18.4 Å². The van der Waals surface area contributed by atoms with Gasteiger partial charge in [-0.1, -0.05) is 12.1 Å². The van der Waals surface area contributed by atoms with Crippen molar-refractivity contribution >= 4 is 18.1 Å². The van der Waals surface area contributed by atoms with E-state index in [9.17, 15) is 28.3 Å². The van der Waals surface area contributed by atoms with E-state index in [0.717, 1.165) is 6.07 Å². The number of hydrogen-bond donors (Lipinski definition) is 1. The third-order valence-corrected chi connectivity index (χ3v) is 5.32. The summed E-state index contributed by atoms with van der Waals surface area (Å²) in [7, 11) is 0. The van der Waals surface area contributed by atoms with Crippen LogP contribution >= 0.6 is 0 Å². The van der Waals surface area contributed by atoms with Crippen molar-refractivity contribution in [2.24, 2.45) is 0 Å². The zero-order valence-electron chi connectivity index (χ0n) is 22.4. The first kappa shape index (κ1) is 29.5. The molecule has 0 aromatic heterocycles. The van der Waals surface area contributed by atoms with E-state index < -0.39 is 58.5 Å². The summed E-state index contributed by atoms with van der Waals surface area (Å²) in [5, 5.41) is 10.5. The van der Waals surface area contributed by atoms with Gasteiger partial charge in [0.15, 0.2) is 11.6 Å². The zero-order chi connectivity index (χ0) is 27.6. The molecule has 1 N–H and O–H groups in total. The minimum absolute atomic E-state index is 0.0414. The molecule has 2 rings (SSSR count). The smallest absolute Gasteiger partial charge is 0.420 e. The number of amides is 3. The van der Waals surface area contributed by atoms with E-state index in [-0.39, 0.29) is 31.5 Å². The number of hydrogen-bond acceptors (Lipinski definition) is 6. The molecule has 0 radical (unpaired) electrons. The van der Waals surface area contributed by atoms with E-state index in [1.54, 1.807) is 41.5 Å². The molecule has 1 aromatic rings. The molecule has 10 heteroatoms. The van der Waals surface area contributed by atoms with Gasteiger partial charge in [0, 0.05) is 19.0 Å². The Labute approximate surface area is 211 Å². The highest BCUT2D eigenvalue weighted by atomic mass is 19.2. The maximum atomic E-state index is 14.7. The van der Waals surface area contributed by atoms with Gasteiger partial charge >= 0.3 is 12.2 Å². The normalized spacial score (nSPS) is 19.5. The summed E-state index contributed by atoms with van der Waals surface area (Å²) in [6.45, 7) is 12.5. The summed E-state index contributed by atoms with van der Waals surface area (Å²) in [4.78, 5) is 42.0. The lowest BCUT2D eigenvalue weighted by Gasteiger charge is -2.35. The molecule has 1 aromatic carbocycles. The number of rotatable bonds is 4. The SMILES string of the molecule is CC(C)(O)CN1C[C@H](c2cccc(F)c2F)CC[C@@H](N(C(=O)OC(C)(C)C)C(=O)OC(C)(C)C)C1=O. The molecule has 0 spiro atoms. The number of carbonyl (C=O) groups excluding carboxylic acids is 3. The monoisotopic (exact) mass is 512 g/mol. The second kappa shape index (κ2) is 10.7. The molecule has 1 aliphatic rings. The Morgan fingerprint density at radius 1 is 1.00 bits per heavy atom. The standard InChI is InChI=1S/C26H38F2N2O6/c1-24(2,3)35-22(32)30(23(33)36-25(4,5)6)19-13-12-16(17-10-9-11-18(27)20(17)28)14-29(21(19)31)15-26(7,8)34/h9-11,16,19,34H,12-15H2,1-8H3/t16-,19-/m1/s1. The molecule has 202 valence electrons. The van der Waals surface area contributed by atoms with Crippen LogP contribution in [0.2, 0.25) is 0 Å². The average molecular weight is 513 g/mol. The number of ether oxygens (including phenoxy) is 2. The summed E-state index contributed by atoms with van der Waals surface area (Å²) in [6, 6.07) is 2.49. The van der Waals surface area contributed by atoms with E-state index in [2.05, 4.69) is 0 Å². The van der Waals surface area contributed by atoms with Crippen LogP contribution in [0.25, 0.3) is 0 Å². The van der Waals surface area contributed by atoms with Crippen LogP contribution in [-0.2, 0) is 14.3 Å². The zero-order valence-corrected chi connectivity index (χ0v) is 22.4. The number of benzene rings is 1. The predicted octanol–water partition coefficient (Wildman–Crippen LogP) is 4.98. The second-order valence-electron chi connectivity index (χ2n) is 11.8. The molecular formula is C26H38F2N2O6. The van der Waals surface area contributed by atoms with Crippen LogP contribution in [0.15, 0.2) is 18.2 Å². The number of carbonyl (C=O) groups is 3. The predicted molar refractivity (Wildman–Crippen MR) is 129 cm³/mol. The number of β-amino-alcohol motifs (C(OH)–C–C–N with tert-alkyl or cyclic N) is 1. The summed E-state index contributed by atoms with van der Waals surface area (Å²) >= 11 is 0. The van der Waals surface area contributed by atoms with Crippen LogP contribution in [0.3, 0.4) is 0 Å². The molecule has 0 saturated carbocycles. The van der Waals surface area contributed by atoms with Crippen LogP contribution in [0.1, 0.15) is 79.7 Å². The highest BCUT2D eigenvalue weighted by molar-refractivity contribution is 5.95. The van der Waals surface area contributed by atoms with Crippen molar-refractivity contribution in [3.05, 3.63) is 35.4 Å². The van der Waals surface area contributed by atoms with Crippen molar-refractivity contribution in [3.8, 4) is 0 Å². The van der Waals surface area contributed by atoms with Crippen molar-refractivity contribution < 1.29 is 37.7 Å². The van der Waals surface area contributed by atoms with Gasteiger partial charge in [-0.05, 0) is 79.9 Å². The van der Waals surface area contributed by atoms with Crippen molar-refractivity contribution in [2.75, 3.05) is 13.1 Å². The highest BCUT2D eigenvalue weighted by Crippen LogP contribution is 2.33. The summed E-state index contributed by atoms with van der Waals surface area (Å²) in [5.74, 6) is -3.31. The maximum absolute atomic E-state index is 14.7. The molecule has 1 heterocycles. The molecule has 0 bridgehead atoms. The topological polar surface area (TPSA) is 96.4 Å². The fourth-order valence-electron chi connectivity index (χ4n) is 4.03. The van der Waals surface area contributed by atoms with Gasteiger partial charge in [-0.2, -0.15) is 4.90 Å². The van der Waals surface area contributed by atoms with E-state index in [0.29, 0.717) is 4.90 Å². The number of aliphatic hydroxyl groups is 1. The average Bonchev–Trinajstić information content (AvgIpc) is 2.80. The van der Waals surface area contributed by atoms with Crippen molar-refractivity contribution in [2.45, 2.75) is 97.0 Å². The summed E-state index contributed by atoms with van der Waals surface area (Å²) in [5.41, 5.74) is -3.20. The first-order valence-corrected chi connectivity index (χ1v) is 12.0. The fourth-order valence-corrected chi connectivity index (χ4v) is 4.03. The lowest BCUT2D eigenvalue weighted by Crippen LogP contribution is -2.56. The van der Waals surface area contributed by atoms with Gasteiger partial charge < -0.3 is 19.5 Å². The molecule has 1 fully saturated rings. The Balaban J connectivity index is 2.55. The van der Waals surface area contributed by atoms with Crippen LogP contribution < -0.4 is 0 Å². The van der Waals surface area contributed by atoms with Gasteiger partial charge in [-0.3, -0.25) is 4.79 Å². The number of imide groups is 1. The minimum atomic E-state index is -1.34. The van der Waals surface area contributed by atoms with Gasteiger partial charge in [-0.15, -0.1) is 0 Å². The minimum Gasteiger partial charge on any atom is -0.443 e. The molecule has 0 aliphatic carbocycles. The lowest BCUT2D eigenvalue weighted by molar-refractivity contribution is -0.139. The third-order valence-electron chi connectivity index (χ3n) is 5.32. The number of likely N-dealkylation sites (tertiary alicyclic amines) is 1. The molecule has 0 unspecified atom stereocenters. The second-order valence-corrected chi connectivity index (χ2v) is 11.8. The summed E-state index contributed by atoms with van der Waals surface area (Å²) in [6.07, 6.45) is -2.01. The highest BCUT2D eigenvalue weighted by Gasteiger charge is 2.44. The molecule has 2 atom stereocenters. The van der Waals surface area contributed by atoms with E-state index in [1.165, 1.54) is 30.9 Å². The van der Waals surface area contributed by atoms with Crippen molar-refractivity contribution in [1.29, 1.82) is 0 Å².